The van der Waals surface area contributed by atoms with Gasteiger partial charge in [-0.05, 0) is 45.2 Å². The van der Waals surface area contributed by atoms with Gasteiger partial charge in [0.2, 0.25) is 0 Å². The van der Waals surface area contributed by atoms with E-state index in [1.165, 1.54) is 0 Å². The zero-order valence-electron chi connectivity index (χ0n) is 15.0. The third-order valence-corrected chi connectivity index (χ3v) is 4.29. The summed E-state index contributed by atoms with van der Waals surface area (Å²) in [5, 5.41) is 6.00. The number of hydrogen-bond acceptors (Lipinski definition) is 4. The Morgan fingerprint density at radius 3 is 2.58 bits per heavy atom. The largest absolute Gasteiger partial charge is 0.493 e. The molecule has 1 aromatic rings. The number of rotatable bonds is 6. The Bertz CT molecular complexity index is 554. The van der Waals surface area contributed by atoms with Gasteiger partial charge in [0.1, 0.15) is 0 Å². The summed E-state index contributed by atoms with van der Waals surface area (Å²) in [5.41, 5.74) is 0.480. The summed E-state index contributed by atoms with van der Waals surface area (Å²) in [6.45, 7) is 7.35. The molecule has 134 valence electrons. The average molecular weight is 336 g/mol. The van der Waals surface area contributed by atoms with Crippen LogP contribution >= 0.6 is 0 Å². The molecule has 0 spiro atoms. The van der Waals surface area contributed by atoms with Gasteiger partial charge in [0.15, 0.2) is 11.5 Å². The molecule has 0 aliphatic carbocycles. The van der Waals surface area contributed by atoms with Crippen molar-refractivity contribution in [3.05, 3.63) is 18.2 Å². The molecule has 1 aromatic carbocycles. The van der Waals surface area contributed by atoms with Crippen molar-refractivity contribution < 1.29 is 19.0 Å². The van der Waals surface area contributed by atoms with E-state index in [9.17, 15) is 4.79 Å². The molecule has 1 fully saturated rings. The summed E-state index contributed by atoms with van der Waals surface area (Å²) in [6.07, 6.45) is 2.57. The Balaban J connectivity index is 2.05. The van der Waals surface area contributed by atoms with Crippen LogP contribution in [0.15, 0.2) is 18.2 Å². The van der Waals surface area contributed by atoms with Gasteiger partial charge in [0.05, 0.1) is 13.2 Å². The van der Waals surface area contributed by atoms with Gasteiger partial charge in [-0.2, -0.15) is 0 Å². The van der Waals surface area contributed by atoms with Crippen LogP contribution < -0.4 is 20.1 Å². The number of carbonyl (C=O) groups is 1. The lowest BCUT2D eigenvalue weighted by atomic mass is 9.87. The van der Waals surface area contributed by atoms with Crippen LogP contribution in [-0.2, 0) is 4.74 Å². The van der Waals surface area contributed by atoms with Gasteiger partial charge in [-0.25, -0.2) is 4.79 Å². The first kappa shape index (κ1) is 18.4. The van der Waals surface area contributed by atoms with Crippen LogP contribution in [0.4, 0.5) is 10.5 Å². The van der Waals surface area contributed by atoms with Crippen LogP contribution in [0.25, 0.3) is 0 Å². The highest BCUT2D eigenvalue weighted by Crippen LogP contribution is 2.31. The summed E-state index contributed by atoms with van der Waals surface area (Å²) >= 11 is 0. The van der Waals surface area contributed by atoms with Crippen molar-refractivity contribution in [1.82, 2.24) is 5.32 Å². The topological polar surface area (TPSA) is 68.8 Å². The number of ether oxygens (including phenoxy) is 3. The van der Waals surface area contributed by atoms with E-state index >= 15 is 0 Å². The van der Waals surface area contributed by atoms with Crippen molar-refractivity contribution in [3.63, 3.8) is 0 Å². The first-order valence-electron chi connectivity index (χ1n) is 8.49. The van der Waals surface area contributed by atoms with Gasteiger partial charge in [-0.15, -0.1) is 0 Å². The van der Waals surface area contributed by atoms with E-state index in [-0.39, 0.29) is 17.7 Å². The highest BCUT2D eigenvalue weighted by molar-refractivity contribution is 5.90. The van der Waals surface area contributed by atoms with Gasteiger partial charge in [-0.1, -0.05) is 6.92 Å². The summed E-state index contributed by atoms with van der Waals surface area (Å²) in [5.74, 6) is 1.26. The zero-order chi connectivity index (χ0) is 17.6. The van der Waals surface area contributed by atoms with Crippen molar-refractivity contribution in [2.75, 3.05) is 25.6 Å². The molecule has 1 heterocycles. The fourth-order valence-corrected chi connectivity index (χ4v) is 2.83. The number of nitrogens with one attached hydrogen (secondary N) is 2. The molecule has 6 heteroatoms. The fourth-order valence-electron chi connectivity index (χ4n) is 2.83. The Kier molecular flexibility index (Phi) is 6.31. The molecule has 2 amide bonds. The number of urea groups is 1. The van der Waals surface area contributed by atoms with Crippen molar-refractivity contribution in [3.8, 4) is 11.5 Å². The molecule has 1 aliphatic rings. The van der Waals surface area contributed by atoms with Crippen LogP contribution in [0.2, 0.25) is 0 Å². The molecule has 0 atom stereocenters. The molecule has 1 aliphatic heterocycles. The van der Waals surface area contributed by atoms with E-state index in [0.717, 1.165) is 19.3 Å². The predicted molar refractivity (Wildman–Crippen MR) is 94.0 cm³/mol. The molecule has 0 bridgehead atoms. The van der Waals surface area contributed by atoms with Gasteiger partial charge in [-0.3, -0.25) is 0 Å². The monoisotopic (exact) mass is 336 g/mol. The molecule has 0 saturated carbocycles. The van der Waals surface area contributed by atoms with Crippen molar-refractivity contribution >= 4 is 11.7 Å². The van der Waals surface area contributed by atoms with Crippen LogP contribution in [-0.4, -0.2) is 38.0 Å². The number of methoxy groups -OCH3 is 1. The van der Waals surface area contributed by atoms with E-state index in [1.807, 2.05) is 13.8 Å². The average Bonchev–Trinajstić information content (AvgIpc) is 2.55. The molecular formula is C18H28N2O4. The highest BCUT2D eigenvalue weighted by atomic mass is 16.5. The Hall–Kier alpha value is -1.95. The first-order valence-corrected chi connectivity index (χ1v) is 8.49. The Morgan fingerprint density at radius 2 is 2.00 bits per heavy atom. The van der Waals surface area contributed by atoms with E-state index < -0.39 is 0 Å². The Labute approximate surface area is 143 Å². The first-order chi connectivity index (χ1) is 11.5. The normalized spacial score (nSPS) is 16.5. The molecule has 0 radical (unpaired) electrons. The molecule has 6 nitrogen and oxygen atoms in total. The van der Waals surface area contributed by atoms with E-state index in [1.54, 1.807) is 25.3 Å². The van der Waals surface area contributed by atoms with Crippen molar-refractivity contribution in [1.29, 1.82) is 0 Å². The summed E-state index contributed by atoms with van der Waals surface area (Å²) in [6, 6.07) is 5.16. The smallest absolute Gasteiger partial charge is 0.319 e. The zero-order valence-corrected chi connectivity index (χ0v) is 15.0. The predicted octanol–water partition coefficient (Wildman–Crippen LogP) is 3.56. The fraction of sp³-hybridized carbons (Fsp3) is 0.611. The quantitative estimate of drug-likeness (QED) is 0.833. The maximum Gasteiger partial charge on any atom is 0.319 e. The second kappa shape index (κ2) is 8.24. The van der Waals surface area contributed by atoms with E-state index in [4.69, 9.17) is 14.2 Å². The lowest BCUT2D eigenvalue weighted by molar-refractivity contribution is 0.0416. The summed E-state index contributed by atoms with van der Waals surface area (Å²) in [4.78, 5) is 12.4. The van der Waals surface area contributed by atoms with Gasteiger partial charge in [0.25, 0.3) is 0 Å². The third kappa shape index (κ3) is 4.77. The second-order valence-corrected chi connectivity index (χ2v) is 6.36. The number of carbonyl (C=O) groups excluding carboxylic acids is 1. The SMILES string of the molecule is CCC1(NC(=O)Nc2ccc(OC)c(OC(C)C)c2)CCOCC1. The minimum absolute atomic E-state index is 0.0218. The molecule has 0 aromatic heterocycles. The molecule has 24 heavy (non-hydrogen) atoms. The summed E-state index contributed by atoms with van der Waals surface area (Å²) < 4.78 is 16.4. The highest BCUT2D eigenvalue weighted by Gasteiger charge is 2.32. The standard InChI is InChI=1S/C18H28N2O4/c1-5-18(8-10-23-11-9-18)20-17(21)19-14-6-7-15(22-4)16(12-14)24-13(2)3/h6-7,12-13H,5,8-11H2,1-4H3,(H2,19,20,21). The maximum absolute atomic E-state index is 12.4. The molecular weight excluding hydrogens is 308 g/mol. The van der Waals surface area contributed by atoms with Crippen LogP contribution in [0.5, 0.6) is 11.5 Å². The number of benzene rings is 1. The Morgan fingerprint density at radius 1 is 1.29 bits per heavy atom. The lowest BCUT2D eigenvalue weighted by Crippen LogP contribution is -2.52. The second-order valence-electron chi connectivity index (χ2n) is 6.36. The van der Waals surface area contributed by atoms with E-state index in [2.05, 4.69) is 17.6 Å². The van der Waals surface area contributed by atoms with Crippen LogP contribution in [0.1, 0.15) is 40.0 Å². The minimum Gasteiger partial charge on any atom is -0.493 e. The number of hydrogen-bond donors (Lipinski definition) is 2. The van der Waals surface area contributed by atoms with Gasteiger partial charge >= 0.3 is 6.03 Å². The molecule has 2 rings (SSSR count). The number of anilines is 1. The van der Waals surface area contributed by atoms with Crippen molar-refractivity contribution in [2.24, 2.45) is 0 Å². The number of amides is 2. The van der Waals surface area contributed by atoms with Gasteiger partial charge in [0, 0.05) is 30.5 Å². The third-order valence-electron chi connectivity index (χ3n) is 4.29. The molecule has 1 saturated heterocycles. The van der Waals surface area contributed by atoms with Crippen molar-refractivity contribution in [2.45, 2.75) is 51.7 Å². The van der Waals surface area contributed by atoms with Gasteiger partial charge < -0.3 is 24.8 Å². The van der Waals surface area contributed by atoms with Crippen LogP contribution in [0.3, 0.4) is 0 Å². The summed E-state index contributed by atoms with van der Waals surface area (Å²) in [7, 11) is 1.60. The molecule has 0 unspecified atom stereocenters. The molecule has 2 N–H and O–H groups in total. The van der Waals surface area contributed by atoms with Crippen LogP contribution in [0, 0.1) is 0 Å². The minimum atomic E-state index is -0.209. The lowest BCUT2D eigenvalue weighted by Gasteiger charge is -2.37. The van der Waals surface area contributed by atoms with E-state index in [0.29, 0.717) is 30.4 Å². The maximum atomic E-state index is 12.4.